The normalized spacial score (nSPS) is 18.8. The molecule has 4 nitrogen and oxygen atoms in total. The van der Waals surface area contributed by atoms with Gasteiger partial charge < -0.3 is 14.8 Å². The molecule has 1 N–H and O–H groups in total. The van der Waals surface area contributed by atoms with E-state index in [0.717, 1.165) is 38.8 Å². The maximum Gasteiger partial charge on any atom is 0.0630 e. The van der Waals surface area contributed by atoms with Gasteiger partial charge in [0.15, 0.2) is 0 Å². The van der Waals surface area contributed by atoms with Gasteiger partial charge in [0, 0.05) is 39.4 Å². The lowest BCUT2D eigenvalue weighted by molar-refractivity contribution is 0.0377. The first-order valence-corrected chi connectivity index (χ1v) is 8.04. The van der Waals surface area contributed by atoms with E-state index >= 15 is 0 Å². The summed E-state index contributed by atoms with van der Waals surface area (Å²) < 4.78 is 10.7. The monoisotopic (exact) mass is 286 g/mol. The summed E-state index contributed by atoms with van der Waals surface area (Å²) in [6.07, 6.45) is 2.76. The van der Waals surface area contributed by atoms with E-state index in [2.05, 4.69) is 31.0 Å². The Morgan fingerprint density at radius 3 is 2.30 bits per heavy atom. The van der Waals surface area contributed by atoms with Gasteiger partial charge in [-0.05, 0) is 38.1 Å². The molecular weight excluding hydrogens is 252 g/mol. The van der Waals surface area contributed by atoms with Gasteiger partial charge in [-0.1, -0.05) is 13.8 Å². The fourth-order valence-corrected chi connectivity index (χ4v) is 2.77. The molecule has 0 aromatic heterocycles. The largest absolute Gasteiger partial charge is 0.383 e. The quantitative estimate of drug-likeness (QED) is 0.595. The van der Waals surface area contributed by atoms with Crippen molar-refractivity contribution in [1.29, 1.82) is 0 Å². The molecule has 0 bridgehead atoms. The van der Waals surface area contributed by atoms with Crippen LogP contribution in [0.1, 0.15) is 33.6 Å². The SMILES string of the molecule is COCCN(C(CNCC(C)C)COC)C(C)C1CC1. The third-order valence-corrected chi connectivity index (χ3v) is 4.14. The number of nitrogens with one attached hydrogen (secondary N) is 1. The van der Waals surface area contributed by atoms with Gasteiger partial charge in [-0.2, -0.15) is 0 Å². The molecule has 0 aromatic rings. The highest BCUT2D eigenvalue weighted by molar-refractivity contribution is 4.89. The molecule has 120 valence electrons. The molecule has 0 aliphatic heterocycles. The van der Waals surface area contributed by atoms with Gasteiger partial charge in [0.25, 0.3) is 0 Å². The molecule has 1 aliphatic carbocycles. The summed E-state index contributed by atoms with van der Waals surface area (Å²) in [4.78, 5) is 2.58. The molecule has 1 aliphatic rings. The Balaban J connectivity index is 2.54. The summed E-state index contributed by atoms with van der Waals surface area (Å²) in [6, 6.07) is 1.07. The van der Waals surface area contributed by atoms with E-state index in [1.807, 2.05) is 0 Å². The fourth-order valence-electron chi connectivity index (χ4n) is 2.77. The molecule has 2 atom stereocenters. The first-order chi connectivity index (χ1) is 9.60. The standard InChI is InChI=1S/C16H34N2O2/c1-13(2)10-17-11-16(12-20-5)18(8-9-19-4)14(3)15-6-7-15/h13-17H,6-12H2,1-5H3. The predicted octanol–water partition coefficient (Wildman–Crippen LogP) is 1.99. The van der Waals surface area contributed by atoms with Crippen molar-refractivity contribution in [3.05, 3.63) is 0 Å². The van der Waals surface area contributed by atoms with Crippen LogP contribution in [0, 0.1) is 11.8 Å². The number of ether oxygens (including phenoxy) is 2. The summed E-state index contributed by atoms with van der Waals surface area (Å²) in [5, 5.41) is 3.58. The number of hydrogen-bond donors (Lipinski definition) is 1. The van der Waals surface area contributed by atoms with Gasteiger partial charge in [-0.3, -0.25) is 4.90 Å². The maximum atomic E-state index is 5.45. The van der Waals surface area contributed by atoms with Crippen molar-refractivity contribution in [3.8, 4) is 0 Å². The van der Waals surface area contributed by atoms with Gasteiger partial charge in [0.1, 0.15) is 0 Å². The van der Waals surface area contributed by atoms with Gasteiger partial charge in [0.2, 0.25) is 0 Å². The first-order valence-electron chi connectivity index (χ1n) is 8.04. The second-order valence-corrected chi connectivity index (χ2v) is 6.47. The van der Waals surface area contributed by atoms with Crippen LogP contribution in [0.3, 0.4) is 0 Å². The average Bonchev–Trinajstić information content (AvgIpc) is 3.22. The summed E-state index contributed by atoms with van der Waals surface area (Å²) >= 11 is 0. The van der Waals surface area contributed by atoms with Crippen LogP contribution in [0.5, 0.6) is 0 Å². The van der Waals surface area contributed by atoms with Crippen molar-refractivity contribution in [3.63, 3.8) is 0 Å². The molecule has 0 aromatic carbocycles. The Bertz CT molecular complexity index is 245. The molecule has 0 amide bonds. The Morgan fingerprint density at radius 2 is 1.80 bits per heavy atom. The molecule has 0 radical (unpaired) electrons. The summed E-state index contributed by atoms with van der Waals surface area (Å²) in [6.45, 7) is 11.5. The van der Waals surface area contributed by atoms with Crippen LogP contribution in [-0.2, 0) is 9.47 Å². The summed E-state index contributed by atoms with van der Waals surface area (Å²) in [7, 11) is 3.58. The Kier molecular flexibility index (Phi) is 8.69. The molecule has 4 heteroatoms. The first kappa shape index (κ1) is 17.9. The zero-order valence-electron chi connectivity index (χ0n) is 14.0. The molecule has 20 heavy (non-hydrogen) atoms. The zero-order valence-corrected chi connectivity index (χ0v) is 14.0. The van der Waals surface area contributed by atoms with Crippen LogP contribution in [0.4, 0.5) is 0 Å². The van der Waals surface area contributed by atoms with Gasteiger partial charge in [-0.25, -0.2) is 0 Å². The van der Waals surface area contributed by atoms with Crippen molar-refractivity contribution < 1.29 is 9.47 Å². The van der Waals surface area contributed by atoms with Crippen molar-refractivity contribution in [1.82, 2.24) is 10.2 Å². The molecule has 1 rings (SSSR count). The zero-order chi connectivity index (χ0) is 15.0. The minimum atomic E-state index is 0.435. The molecule has 0 heterocycles. The minimum absolute atomic E-state index is 0.435. The lowest BCUT2D eigenvalue weighted by Crippen LogP contribution is -2.51. The van der Waals surface area contributed by atoms with Crippen molar-refractivity contribution in [2.45, 2.75) is 45.7 Å². The molecule has 0 saturated heterocycles. The minimum Gasteiger partial charge on any atom is -0.383 e. The molecule has 0 spiro atoms. The number of nitrogens with zero attached hydrogens (tertiary/aromatic N) is 1. The lowest BCUT2D eigenvalue weighted by atomic mass is 10.1. The van der Waals surface area contributed by atoms with Crippen LogP contribution in [0.15, 0.2) is 0 Å². The molecule has 1 fully saturated rings. The van der Waals surface area contributed by atoms with E-state index in [-0.39, 0.29) is 0 Å². The Morgan fingerprint density at radius 1 is 1.10 bits per heavy atom. The van der Waals surface area contributed by atoms with E-state index < -0.39 is 0 Å². The second kappa shape index (κ2) is 9.72. The smallest absolute Gasteiger partial charge is 0.0630 e. The Labute approximate surface area is 125 Å². The highest BCUT2D eigenvalue weighted by Crippen LogP contribution is 2.35. The topological polar surface area (TPSA) is 33.7 Å². The number of methoxy groups -OCH3 is 2. The van der Waals surface area contributed by atoms with Crippen molar-refractivity contribution in [2.75, 3.05) is 47.1 Å². The van der Waals surface area contributed by atoms with Crippen LogP contribution in [-0.4, -0.2) is 64.1 Å². The van der Waals surface area contributed by atoms with Crippen LogP contribution in [0.25, 0.3) is 0 Å². The van der Waals surface area contributed by atoms with Crippen molar-refractivity contribution >= 4 is 0 Å². The van der Waals surface area contributed by atoms with Gasteiger partial charge >= 0.3 is 0 Å². The van der Waals surface area contributed by atoms with E-state index in [9.17, 15) is 0 Å². The van der Waals surface area contributed by atoms with E-state index in [4.69, 9.17) is 9.47 Å². The van der Waals surface area contributed by atoms with Gasteiger partial charge in [-0.15, -0.1) is 0 Å². The average molecular weight is 286 g/mol. The number of hydrogen-bond acceptors (Lipinski definition) is 4. The van der Waals surface area contributed by atoms with E-state index in [0.29, 0.717) is 18.0 Å². The molecular formula is C16H34N2O2. The van der Waals surface area contributed by atoms with Crippen molar-refractivity contribution in [2.24, 2.45) is 11.8 Å². The third kappa shape index (κ3) is 6.53. The predicted molar refractivity (Wildman–Crippen MR) is 84.1 cm³/mol. The lowest BCUT2D eigenvalue weighted by Gasteiger charge is -2.36. The highest BCUT2D eigenvalue weighted by Gasteiger charge is 2.34. The van der Waals surface area contributed by atoms with E-state index in [1.165, 1.54) is 12.8 Å². The maximum absolute atomic E-state index is 5.45. The highest BCUT2D eigenvalue weighted by atomic mass is 16.5. The van der Waals surface area contributed by atoms with Crippen LogP contribution in [0.2, 0.25) is 0 Å². The molecule has 2 unspecified atom stereocenters. The second-order valence-electron chi connectivity index (χ2n) is 6.47. The summed E-state index contributed by atoms with van der Waals surface area (Å²) in [5.41, 5.74) is 0. The number of rotatable bonds is 12. The van der Waals surface area contributed by atoms with Crippen LogP contribution >= 0.6 is 0 Å². The summed E-state index contributed by atoms with van der Waals surface area (Å²) in [5.74, 6) is 1.56. The third-order valence-electron chi connectivity index (χ3n) is 4.14. The van der Waals surface area contributed by atoms with Crippen LogP contribution < -0.4 is 5.32 Å². The molecule has 1 saturated carbocycles. The van der Waals surface area contributed by atoms with Gasteiger partial charge in [0.05, 0.1) is 13.2 Å². The Hall–Kier alpha value is -0.160. The van der Waals surface area contributed by atoms with E-state index in [1.54, 1.807) is 14.2 Å². The fraction of sp³-hybridized carbons (Fsp3) is 1.00.